The lowest BCUT2D eigenvalue weighted by atomic mass is 10.0. The number of nitrogens with two attached hydrogens (primary N) is 1. The van der Waals surface area contributed by atoms with Crippen molar-refractivity contribution in [3.8, 4) is 5.75 Å². The van der Waals surface area contributed by atoms with E-state index in [1.54, 1.807) is 7.11 Å². The van der Waals surface area contributed by atoms with Crippen molar-refractivity contribution in [1.82, 2.24) is 4.90 Å². The normalized spacial score (nSPS) is 12.9. The van der Waals surface area contributed by atoms with Gasteiger partial charge >= 0.3 is 0 Å². The molecule has 3 heteroatoms. The minimum atomic E-state index is 0.390. The van der Waals surface area contributed by atoms with E-state index in [0.29, 0.717) is 12.6 Å². The molecule has 1 aromatic carbocycles. The number of ether oxygens (including phenoxy) is 1. The van der Waals surface area contributed by atoms with Crippen molar-refractivity contribution in [3.63, 3.8) is 0 Å². The average molecular weight is 208 g/mol. The fourth-order valence-corrected chi connectivity index (χ4v) is 1.52. The zero-order valence-corrected chi connectivity index (χ0v) is 9.95. The molecule has 0 saturated carbocycles. The highest BCUT2D eigenvalue weighted by molar-refractivity contribution is 5.38. The van der Waals surface area contributed by atoms with E-state index in [9.17, 15) is 0 Å². The van der Waals surface area contributed by atoms with Crippen LogP contribution < -0.4 is 10.5 Å². The molecule has 84 valence electrons. The molecule has 1 aromatic rings. The van der Waals surface area contributed by atoms with Crippen LogP contribution in [-0.2, 0) is 6.54 Å². The summed E-state index contributed by atoms with van der Waals surface area (Å²) in [5.74, 6) is 0.868. The average Bonchev–Trinajstić information content (AvgIpc) is 2.26. The van der Waals surface area contributed by atoms with E-state index >= 15 is 0 Å². The lowest BCUT2D eigenvalue weighted by Gasteiger charge is -2.21. The summed E-state index contributed by atoms with van der Waals surface area (Å²) in [4.78, 5) is 2.17. The summed E-state index contributed by atoms with van der Waals surface area (Å²) in [5.41, 5.74) is 8.00. The summed E-state index contributed by atoms with van der Waals surface area (Å²) < 4.78 is 5.24. The molecular weight excluding hydrogens is 188 g/mol. The molecule has 0 aliphatic heterocycles. The molecular formula is C12H20N2O. The smallest absolute Gasteiger partial charge is 0.123 e. The topological polar surface area (TPSA) is 38.5 Å². The molecule has 1 atom stereocenters. The Balaban J connectivity index is 3.02. The molecule has 0 saturated heterocycles. The maximum Gasteiger partial charge on any atom is 0.123 e. The molecule has 0 heterocycles. The van der Waals surface area contributed by atoms with E-state index in [1.807, 2.05) is 6.07 Å². The van der Waals surface area contributed by atoms with Crippen LogP contribution in [0.3, 0.4) is 0 Å². The Morgan fingerprint density at radius 1 is 1.40 bits per heavy atom. The number of hydrogen-bond donors (Lipinski definition) is 1. The molecule has 0 spiro atoms. The summed E-state index contributed by atoms with van der Waals surface area (Å²) in [6.07, 6.45) is 0. The van der Waals surface area contributed by atoms with E-state index in [4.69, 9.17) is 10.5 Å². The van der Waals surface area contributed by atoms with Gasteiger partial charge in [0.2, 0.25) is 0 Å². The fraction of sp³-hybridized carbons (Fsp3) is 0.500. The van der Waals surface area contributed by atoms with Gasteiger partial charge in [0.1, 0.15) is 5.75 Å². The second kappa shape index (κ2) is 5.14. The SMILES string of the molecule is COc1ccc(C(C)N(C)C)cc1CN. The van der Waals surface area contributed by atoms with E-state index in [0.717, 1.165) is 11.3 Å². The first-order valence-corrected chi connectivity index (χ1v) is 5.13. The third-order valence-electron chi connectivity index (χ3n) is 2.78. The first-order chi connectivity index (χ1) is 7.10. The number of nitrogens with zero attached hydrogens (tertiary/aromatic N) is 1. The molecule has 1 rings (SSSR count). The summed E-state index contributed by atoms with van der Waals surface area (Å²) in [6, 6.07) is 6.57. The number of methoxy groups -OCH3 is 1. The Labute approximate surface area is 91.8 Å². The van der Waals surface area contributed by atoms with Gasteiger partial charge in [-0.25, -0.2) is 0 Å². The minimum absolute atomic E-state index is 0.390. The van der Waals surface area contributed by atoms with Gasteiger partial charge in [-0.2, -0.15) is 0 Å². The van der Waals surface area contributed by atoms with Gasteiger partial charge < -0.3 is 15.4 Å². The maximum absolute atomic E-state index is 5.68. The summed E-state index contributed by atoms with van der Waals surface area (Å²) >= 11 is 0. The third kappa shape index (κ3) is 2.70. The van der Waals surface area contributed by atoms with Gasteiger partial charge in [-0.1, -0.05) is 6.07 Å². The maximum atomic E-state index is 5.68. The van der Waals surface area contributed by atoms with Crippen molar-refractivity contribution in [2.45, 2.75) is 19.5 Å². The molecule has 0 amide bonds. The predicted molar refractivity (Wildman–Crippen MR) is 63.0 cm³/mol. The third-order valence-corrected chi connectivity index (χ3v) is 2.78. The molecule has 1 unspecified atom stereocenters. The highest BCUT2D eigenvalue weighted by Gasteiger charge is 2.10. The summed E-state index contributed by atoms with van der Waals surface area (Å²) in [5, 5.41) is 0. The van der Waals surface area contributed by atoms with Crippen LogP contribution in [-0.4, -0.2) is 26.1 Å². The van der Waals surface area contributed by atoms with Gasteiger partial charge in [-0.3, -0.25) is 0 Å². The first kappa shape index (κ1) is 12.0. The second-order valence-corrected chi connectivity index (χ2v) is 3.91. The van der Waals surface area contributed by atoms with Gasteiger partial charge in [0, 0.05) is 18.2 Å². The van der Waals surface area contributed by atoms with Crippen LogP contribution in [0.4, 0.5) is 0 Å². The number of benzene rings is 1. The highest BCUT2D eigenvalue weighted by Crippen LogP contribution is 2.24. The van der Waals surface area contributed by atoms with Gasteiger partial charge in [0.05, 0.1) is 7.11 Å². The molecule has 3 nitrogen and oxygen atoms in total. The van der Waals surface area contributed by atoms with Crippen LogP contribution in [0, 0.1) is 0 Å². The van der Waals surface area contributed by atoms with Gasteiger partial charge in [0.15, 0.2) is 0 Å². The van der Waals surface area contributed by atoms with Crippen molar-refractivity contribution in [2.75, 3.05) is 21.2 Å². The molecule has 0 aliphatic rings. The van der Waals surface area contributed by atoms with Crippen LogP contribution >= 0.6 is 0 Å². The van der Waals surface area contributed by atoms with Crippen LogP contribution in [0.1, 0.15) is 24.1 Å². The molecule has 0 bridgehead atoms. The van der Waals surface area contributed by atoms with Crippen LogP contribution in [0.2, 0.25) is 0 Å². The van der Waals surface area contributed by atoms with E-state index in [1.165, 1.54) is 5.56 Å². The van der Waals surface area contributed by atoms with Crippen molar-refractivity contribution in [1.29, 1.82) is 0 Å². The van der Waals surface area contributed by atoms with Crippen molar-refractivity contribution in [3.05, 3.63) is 29.3 Å². The minimum Gasteiger partial charge on any atom is -0.496 e. The monoisotopic (exact) mass is 208 g/mol. The largest absolute Gasteiger partial charge is 0.496 e. The molecule has 0 aromatic heterocycles. The quantitative estimate of drug-likeness (QED) is 0.819. The lowest BCUT2D eigenvalue weighted by molar-refractivity contribution is 0.320. The van der Waals surface area contributed by atoms with Crippen LogP contribution in [0.15, 0.2) is 18.2 Å². The van der Waals surface area contributed by atoms with E-state index in [-0.39, 0.29) is 0 Å². The molecule has 15 heavy (non-hydrogen) atoms. The summed E-state index contributed by atoms with van der Waals surface area (Å²) in [7, 11) is 5.80. The molecule has 2 N–H and O–H groups in total. The lowest BCUT2D eigenvalue weighted by Crippen LogP contribution is -2.17. The Bertz CT molecular complexity index is 323. The van der Waals surface area contributed by atoms with Gasteiger partial charge in [-0.15, -0.1) is 0 Å². The second-order valence-electron chi connectivity index (χ2n) is 3.91. The Kier molecular flexibility index (Phi) is 4.12. The van der Waals surface area contributed by atoms with E-state index in [2.05, 4.69) is 38.1 Å². The van der Waals surface area contributed by atoms with Crippen LogP contribution in [0.25, 0.3) is 0 Å². The Hall–Kier alpha value is -1.06. The zero-order chi connectivity index (χ0) is 11.4. The van der Waals surface area contributed by atoms with Crippen molar-refractivity contribution in [2.24, 2.45) is 5.73 Å². The Morgan fingerprint density at radius 3 is 2.53 bits per heavy atom. The number of rotatable bonds is 4. The Morgan fingerprint density at radius 2 is 2.07 bits per heavy atom. The molecule has 0 aliphatic carbocycles. The zero-order valence-electron chi connectivity index (χ0n) is 9.95. The standard InChI is InChI=1S/C12H20N2O/c1-9(14(2)3)10-5-6-12(15-4)11(7-10)8-13/h5-7,9H,8,13H2,1-4H3. The first-order valence-electron chi connectivity index (χ1n) is 5.13. The summed E-state index contributed by atoms with van der Waals surface area (Å²) in [6.45, 7) is 2.68. The predicted octanol–water partition coefficient (Wildman–Crippen LogP) is 1.78. The van der Waals surface area contributed by atoms with Crippen molar-refractivity contribution >= 4 is 0 Å². The highest BCUT2D eigenvalue weighted by atomic mass is 16.5. The molecule has 0 radical (unpaired) electrons. The van der Waals surface area contributed by atoms with E-state index < -0.39 is 0 Å². The molecule has 0 fully saturated rings. The fourth-order valence-electron chi connectivity index (χ4n) is 1.52. The van der Waals surface area contributed by atoms with Crippen LogP contribution in [0.5, 0.6) is 5.75 Å². The van der Waals surface area contributed by atoms with Gasteiger partial charge in [-0.05, 0) is 38.7 Å². The van der Waals surface area contributed by atoms with Crippen molar-refractivity contribution < 1.29 is 4.74 Å². The van der Waals surface area contributed by atoms with Gasteiger partial charge in [0.25, 0.3) is 0 Å². The number of hydrogen-bond acceptors (Lipinski definition) is 3.